The second-order valence-electron chi connectivity index (χ2n) is 7.03. The number of hydrogen-bond acceptors (Lipinski definition) is 3. The number of nitrogens with zero attached hydrogens (tertiary/aromatic N) is 2. The minimum Gasteiger partial charge on any atom is -0.392 e. The SMILES string of the molecule is O[C@H]1CCCN[C@@H]1CCCn1cnc2c(-c3cccc(F)c3)cccc21. The standard InChI is InChI=1S/C21H24FN3O/c22-16-6-1-5-15(13-16)17-7-2-9-19-21(17)24-14-25(19)12-4-8-18-20(26)10-3-11-23-18/h1-2,5-7,9,13-14,18,20,23,26H,3-4,8,10-12H2/t18-,20+/m1/s1. The second-order valence-corrected chi connectivity index (χ2v) is 7.03. The summed E-state index contributed by atoms with van der Waals surface area (Å²) < 4.78 is 15.7. The lowest BCUT2D eigenvalue weighted by molar-refractivity contribution is 0.0909. The molecule has 0 radical (unpaired) electrons. The summed E-state index contributed by atoms with van der Waals surface area (Å²) in [5.41, 5.74) is 3.75. The lowest BCUT2D eigenvalue weighted by Crippen LogP contribution is -2.44. The van der Waals surface area contributed by atoms with E-state index in [2.05, 4.69) is 20.9 Å². The van der Waals surface area contributed by atoms with Crippen molar-refractivity contribution in [2.75, 3.05) is 6.54 Å². The van der Waals surface area contributed by atoms with Crippen molar-refractivity contribution in [2.24, 2.45) is 0 Å². The molecule has 5 heteroatoms. The van der Waals surface area contributed by atoms with Crippen molar-refractivity contribution in [3.8, 4) is 11.1 Å². The second kappa shape index (κ2) is 7.56. The molecule has 0 amide bonds. The van der Waals surface area contributed by atoms with Crippen LogP contribution in [0.3, 0.4) is 0 Å². The van der Waals surface area contributed by atoms with Gasteiger partial charge >= 0.3 is 0 Å². The van der Waals surface area contributed by atoms with Crippen LogP contribution in [0.2, 0.25) is 0 Å². The number of fused-ring (bicyclic) bond motifs is 1. The van der Waals surface area contributed by atoms with E-state index >= 15 is 0 Å². The maximum Gasteiger partial charge on any atom is 0.123 e. The van der Waals surface area contributed by atoms with E-state index in [9.17, 15) is 9.50 Å². The van der Waals surface area contributed by atoms with Gasteiger partial charge in [0.25, 0.3) is 0 Å². The summed E-state index contributed by atoms with van der Waals surface area (Å²) in [6.07, 6.45) is 5.49. The molecule has 2 heterocycles. The molecule has 1 aliphatic heterocycles. The number of halogens is 1. The highest BCUT2D eigenvalue weighted by molar-refractivity contribution is 5.92. The zero-order valence-electron chi connectivity index (χ0n) is 14.7. The van der Waals surface area contributed by atoms with E-state index in [-0.39, 0.29) is 18.0 Å². The molecule has 0 aliphatic carbocycles. The summed E-state index contributed by atoms with van der Waals surface area (Å²) in [6, 6.07) is 12.9. The smallest absolute Gasteiger partial charge is 0.123 e. The van der Waals surface area contributed by atoms with E-state index in [1.54, 1.807) is 12.1 Å². The Bertz CT molecular complexity index is 892. The Kier molecular flexibility index (Phi) is 5.00. The fourth-order valence-electron chi connectivity index (χ4n) is 3.87. The van der Waals surface area contributed by atoms with Crippen molar-refractivity contribution in [3.05, 3.63) is 54.6 Å². The largest absolute Gasteiger partial charge is 0.392 e. The molecule has 2 atom stereocenters. The molecule has 0 bridgehead atoms. The number of imidazole rings is 1. The third kappa shape index (κ3) is 3.50. The summed E-state index contributed by atoms with van der Waals surface area (Å²) in [5, 5.41) is 13.5. The highest BCUT2D eigenvalue weighted by atomic mass is 19.1. The predicted octanol–water partition coefficient (Wildman–Crippen LogP) is 3.74. The third-order valence-corrected chi connectivity index (χ3v) is 5.25. The molecule has 136 valence electrons. The number of aliphatic hydroxyl groups excluding tert-OH is 1. The Morgan fingerprint density at radius 2 is 2.12 bits per heavy atom. The molecule has 1 aliphatic rings. The summed E-state index contributed by atoms with van der Waals surface area (Å²) in [5.74, 6) is -0.238. The molecule has 26 heavy (non-hydrogen) atoms. The summed E-state index contributed by atoms with van der Waals surface area (Å²) in [4.78, 5) is 4.58. The lowest BCUT2D eigenvalue weighted by Gasteiger charge is -2.29. The third-order valence-electron chi connectivity index (χ3n) is 5.25. The minimum absolute atomic E-state index is 0.196. The zero-order valence-corrected chi connectivity index (χ0v) is 14.7. The summed E-state index contributed by atoms with van der Waals surface area (Å²) >= 11 is 0. The van der Waals surface area contributed by atoms with Crippen molar-refractivity contribution in [1.82, 2.24) is 14.9 Å². The Balaban J connectivity index is 1.51. The van der Waals surface area contributed by atoms with Crippen molar-refractivity contribution < 1.29 is 9.50 Å². The average Bonchev–Trinajstić information content (AvgIpc) is 3.06. The number of aromatic nitrogens is 2. The van der Waals surface area contributed by atoms with Gasteiger partial charge in [-0.2, -0.15) is 0 Å². The van der Waals surface area contributed by atoms with E-state index in [0.717, 1.165) is 60.9 Å². The first-order valence-electron chi connectivity index (χ1n) is 9.33. The first-order valence-corrected chi connectivity index (χ1v) is 9.33. The molecule has 2 N–H and O–H groups in total. The van der Waals surface area contributed by atoms with E-state index < -0.39 is 0 Å². The molecule has 1 fully saturated rings. The number of aliphatic hydroxyl groups is 1. The normalized spacial score (nSPS) is 20.5. The van der Waals surface area contributed by atoms with E-state index in [1.807, 2.05) is 24.5 Å². The van der Waals surface area contributed by atoms with Crippen LogP contribution in [0.5, 0.6) is 0 Å². The van der Waals surface area contributed by atoms with Gasteiger partial charge in [-0.25, -0.2) is 9.37 Å². The van der Waals surface area contributed by atoms with Crippen LogP contribution in [0.25, 0.3) is 22.2 Å². The fraction of sp³-hybridized carbons (Fsp3) is 0.381. The zero-order chi connectivity index (χ0) is 17.9. The van der Waals surface area contributed by atoms with Gasteiger partial charge < -0.3 is 15.0 Å². The summed E-state index contributed by atoms with van der Waals surface area (Å²) in [7, 11) is 0. The van der Waals surface area contributed by atoms with E-state index in [1.165, 1.54) is 6.07 Å². The Hall–Kier alpha value is -2.24. The van der Waals surface area contributed by atoms with Gasteiger partial charge in [-0.3, -0.25) is 0 Å². The molecule has 1 aromatic heterocycles. The van der Waals surface area contributed by atoms with Gasteiger partial charge in [0, 0.05) is 18.2 Å². The summed E-state index contributed by atoms with van der Waals surface area (Å²) in [6.45, 7) is 1.85. The van der Waals surface area contributed by atoms with Gasteiger partial charge in [-0.05, 0) is 56.0 Å². The van der Waals surface area contributed by atoms with Gasteiger partial charge in [0.15, 0.2) is 0 Å². The van der Waals surface area contributed by atoms with Gasteiger partial charge in [0.2, 0.25) is 0 Å². The lowest BCUT2D eigenvalue weighted by atomic mass is 9.97. The molecule has 4 rings (SSSR count). The van der Waals surface area contributed by atoms with Crippen LogP contribution in [0.1, 0.15) is 25.7 Å². The highest BCUT2D eigenvalue weighted by Crippen LogP contribution is 2.28. The van der Waals surface area contributed by atoms with Crippen LogP contribution in [-0.2, 0) is 6.54 Å². The number of benzene rings is 2. The van der Waals surface area contributed by atoms with Crippen molar-refractivity contribution in [2.45, 2.75) is 44.4 Å². The quantitative estimate of drug-likeness (QED) is 0.735. The van der Waals surface area contributed by atoms with Gasteiger partial charge in [0.05, 0.1) is 23.5 Å². The molecule has 0 unspecified atom stereocenters. The van der Waals surface area contributed by atoms with Crippen LogP contribution in [-0.4, -0.2) is 33.3 Å². The average molecular weight is 353 g/mol. The van der Waals surface area contributed by atoms with E-state index in [0.29, 0.717) is 0 Å². The van der Waals surface area contributed by atoms with Crippen molar-refractivity contribution in [3.63, 3.8) is 0 Å². The first kappa shape index (κ1) is 17.2. The molecular weight excluding hydrogens is 329 g/mol. The minimum atomic E-state index is -0.238. The van der Waals surface area contributed by atoms with Gasteiger partial charge in [-0.15, -0.1) is 0 Å². The number of para-hydroxylation sites is 1. The van der Waals surface area contributed by atoms with E-state index in [4.69, 9.17) is 0 Å². The predicted molar refractivity (Wildman–Crippen MR) is 101 cm³/mol. The highest BCUT2D eigenvalue weighted by Gasteiger charge is 2.21. The Labute approximate surface area is 152 Å². The van der Waals surface area contributed by atoms with Crippen LogP contribution < -0.4 is 5.32 Å². The maximum absolute atomic E-state index is 13.6. The van der Waals surface area contributed by atoms with Gasteiger partial charge in [-0.1, -0.05) is 24.3 Å². The molecule has 1 saturated heterocycles. The monoisotopic (exact) mass is 353 g/mol. The number of nitrogens with one attached hydrogen (secondary N) is 1. The Morgan fingerprint density at radius 3 is 2.96 bits per heavy atom. The van der Waals surface area contributed by atoms with Crippen LogP contribution in [0.15, 0.2) is 48.8 Å². The van der Waals surface area contributed by atoms with Crippen LogP contribution in [0.4, 0.5) is 4.39 Å². The maximum atomic E-state index is 13.6. The number of rotatable bonds is 5. The molecule has 0 spiro atoms. The van der Waals surface area contributed by atoms with Crippen molar-refractivity contribution in [1.29, 1.82) is 0 Å². The molecule has 4 nitrogen and oxygen atoms in total. The Morgan fingerprint density at radius 1 is 1.23 bits per heavy atom. The van der Waals surface area contributed by atoms with Crippen LogP contribution >= 0.6 is 0 Å². The molecular formula is C21H24FN3O. The topological polar surface area (TPSA) is 50.1 Å². The molecule has 2 aromatic carbocycles. The van der Waals surface area contributed by atoms with Crippen molar-refractivity contribution >= 4 is 11.0 Å². The molecule has 0 saturated carbocycles. The fourth-order valence-corrected chi connectivity index (χ4v) is 3.87. The number of aryl methyl sites for hydroxylation is 1. The van der Waals surface area contributed by atoms with Gasteiger partial charge in [0.1, 0.15) is 5.82 Å². The number of hydrogen-bond donors (Lipinski definition) is 2. The van der Waals surface area contributed by atoms with Crippen LogP contribution in [0, 0.1) is 5.82 Å². The molecule has 3 aromatic rings. The number of piperidine rings is 1. The first-order chi connectivity index (χ1) is 12.7.